The summed E-state index contributed by atoms with van der Waals surface area (Å²) in [5.74, 6) is 0.658. The molecule has 0 fully saturated rings. The van der Waals surface area contributed by atoms with Crippen molar-refractivity contribution in [2.45, 2.75) is 33.7 Å². The number of aryl methyl sites for hydroxylation is 2. The molecule has 0 spiro atoms. The summed E-state index contributed by atoms with van der Waals surface area (Å²) in [5, 5.41) is 3.47. The third-order valence-electron chi connectivity index (χ3n) is 3.46. The smallest absolute Gasteiger partial charge is 0.237 e. The maximum Gasteiger partial charge on any atom is 0.237 e. The Bertz CT molecular complexity index is 581. The summed E-state index contributed by atoms with van der Waals surface area (Å²) < 4.78 is 5.54. The van der Waals surface area contributed by atoms with Gasteiger partial charge in [0.1, 0.15) is 0 Å². The molecule has 20 heavy (non-hydrogen) atoms. The van der Waals surface area contributed by atoms with E-state index in [1.807, 2.05) is 19.1 Å². The lowest BCUT2D eigenvalue weighted by Crippen LogP contribution is -2.09. The summed E-state index contributed by atoms with van der Waals surface area (Å²) in [5.41, 5.74) is 4.82. The summed E-state index contributed by atoms with van der Waals surface area (Å²) in [7, 11) is 0. The van der Waals surface area contributed by atoms with E-state index in [0.717, 1.165) is 5.69 Å². The molecule has 0 saturated heterocycles. The Morgan fingerprint density at radius 2 is 2.00 bits per heavy atom. The van der Waals surface area contributed by atoms with E-state index >= 15 is 0 Å². The molecule has 0 aliphatic heterocycles. The Hall–Kier alpha value is -2.03. The topological polar surface area (TPSA) is 34.1 Å². The Balaban J connectivity index is 2.18. The van der Waals surface area contributed by atoms with Crippen molar-refractivity contribution < 1.29 is 4.74 Å². The molecule has 2 aromatic rings. The fourth-order valence-electron chi connectivity index (χ4n) is 2.10. The molecule has 0 aliphatic carbocycles. The van der Waals surface area contributed by atoms with E-state index in [-0.39, 0.29) is 6.04 Å². The molecule has 0 amide bonds. The molecule has 0 radical (unpaired) electrons. The lowest BCUT2D eigenvalue weighted by Gasteiger charge is -2.18. The standard InChI is InChI=1S/C17H22N2O/c1-5-20-17-16(7-6-10-18-17)19-14(4)15-9-8-12(2)13(3)11-15/h6-11,14,19H,5H2,1-4H3. The number of hydrogen-bond donors (Lipinski definition) is 1. The first-order chi connectivity index (χ1) is 9.61. The largest absolute Gasteiger partial charge is 0.476 e. The number of anilines is 1. The van der Waals surface area contributed by atoms with E-state index in [0.29, 0.717) is 12.5 Å². The van der Waals surface area contributed by atoms with Crippen molar-refractivity contribution in [2.24, 2.45) is 0 Å². The van der Waals surface area contributed by atoms with Crippen LogP contribution in [0, 0.1) is 13.8 Å². The monoisotopic (exact) mass is 270 g/mol. The molecule has 1 heterocycles. The second-order valence-electron chi connectivity index (χ2n) is 5.00. The zero-order chi connectivity index (χ0) is 14.5. The van der Waals surface area contributed by atoms with Crippen LogP contribution in [0.15, 0.2) is 36.5 Å². The number of aromatic nitrogens is 1. The van der Waals surface area contributed by atoms with E-state index < -0.39 is 0 Å². The first kappa shape index (κ1) is 14.4. The molecule has 3 heteroatoms. The van der Waals surface area contributed by atoms with Gasteiger partial charge >= 0.3 is 0 Å². The predicted molar refractivity (Wildman–Crippen MR) is 83.4 cm³/mol. The van der Waals surface area contributed by atoms with Crippen molar-refractivity contribution in [1.29, 1.82) is 0 Å². The Morgan fingerprint density at radius 3 is 2.70 bits per heavy atom. The summed E-state index contributed by atoms with van der Waals surface area (Å²) in [6.45, 7) is 8.99. The number of nitrogens with zero attached hydrogens (tertiary/aromatic N) is 1. The number of pyridine rings is 1. The van der Waals surface area contributed by atoms with E-state index in [9.17, 15) is 0 Å². The van der Waals surface area contributed by atoms with Crippen LogP contribution < -0.4 is 10.1 Å². The lowest BCUT2D eigenvalue weighted by molar-refractivity contribution is 0.328. The predicted octanol–water partition coefficient (Wildman–Crippen LogP) is 4.27. The average Bonchev–Trinajstić information content (AvgIpc) is 2.44. The van der Waals surface area contributed by atoms with Crippen molar-refractivity contribution in [2.75, 3.05) is 11.9 Å². The maximum atomic E-state index is 5.54. The van der Waals surface area contributed by atoms with Gasteiger partial charge in [-0.25, -0.2) is 4.98 Å². The van der Waals surface area contributed by atoms with E-state index in [2.05, 4.69) is 49.3 Å². The fourth-order valence-corrected chi connectivity index (χ4v) is 2.10. The van der Waals surface area contributed by atoms with Crippen molar-refractivity contribution >= 4 is 5.69 Å². The molecule has 3 nitrogen and oxygen atoms in total. The van der Waals surface area contributed by atoms with Gasteiger partial charge < -0.3 is 10.1 Å². The van der Waals surface area contributed by atoms with Gasteiger partial charge in [0.05, 0.1) is 12.3 Å². The Labute approximate surface area is 121 Å². The third-order valence-corrected chi connectivity index (χ3v) is 3.46. The minimum atomic E-state index is 0.206. The van der Waals surface area contributed by atoms with Crippen LogP contribution in [-0.4, -0.2) is 11.6 Å². The number of benzene rings is 1. The summed E-state index contributed by atoms with van der Waals surface area (Å²) >= 11 is 0. The summed E-state index contributed by atoms with van der Waals surface area (Å²) in [6, 6.07) is 10.7. The zero-order valence-electron chi connectivity index (χ0n) is 12.6. The molecule has 1 aromatic heterocycles. The highest BCUT2D eigenvalue weighted by atomic mass is 16.5. The van der Waals surface area contributed by atoms with E-state index in [1.165, 1.54) is 16.7 Å². The van der Waals surface area contributed by atoms with Crippen LogP contribution in [0.2, 0.25) is 0 Å². The molecule has 1 N–H and O–H groups in total. The quantitative estimate of drug-likeness (QED) is 0.881. The number of hydrogen-bond acceptors (Lipinski definition) is 3. The van der Waals surface area contributed by atoms with Crippen molar-refractivity contribution in [1.82, 2.24) is 4.98 Å². The van der Waals surface area contributed by atoms with Gasteiger partial charge in [0.2, 0.25) is 5.88 Å². The number of nitrogens with one attached hydrogen (secondary N) is 1. The van der Waals surface area contributed by atoms with Gasteiger partial charge in [0.15, 0.2) is 0 Å². The second-order valence-corrected chi connectivity index (χ2v) is 5.00. The van der Waals surface area contributed by atoms with Gasteiger partial charge in [-0.3, -0.25) is 0 Å². The zero-order valence-corrected chi connectivity index (χ0v) is 12.6. The maximum absolute atomic E-state index is 5.54. The van der Waals surface area contributed by atoms with Gasteiger partial charge in [-0.1, -0.05) is 18.2 Å². The van der Waals surface area contributed by atoms with Crippen LogP contribution in [0.3, 0.4) is 0 Å². The molecule has 0 bridgehead atoms. The van der Waals surface area contributed by atoms with Gasteiger partial charge in [-0.05, 0) is 56.5 Å². The van der Waals surface area contributed by atoms with Gasteiger partial charge in [0, 0.05) is 12.2 Å². The van der Waals surface area contributed by atoms with Gasteiger partial charge in [0.25, 0.3) is 0 Å². The first-order valence-corrected chi connectivity index (χ1v) is 7.03. The van der Waals surface area contributed by atoms with Crippen molar-refractivity contribution in [3.05, 3.63) is 53.2 Å². The SMILES string of the molecule is CCOc1ncccc1NC(C)c1ccc(C)c(C)c1. The number of ether oxygens (including phenoxy) is 1. The van der Waals surface area contributed by atoms with Crippen molar-refractivity contribution in [3.8, 4) is 5.88 Å². The van der Waals surface area contributed by atoms with E-state index in [4.69, 9.17) is 4.74 Å². The summed E-state index contributed by atoms with van der Waals surface area (Å²) in [6.07, 6.45) is 1.75. The molecule has 1 unspecified atom stereocenters. The van der Waals surface area contributed by atoms with Crippen LogP contribution in [0.25, 0.3) is 0 Å². The number of rotatable bonds is 5. The molecular formula is C17H22N2O. The fraction of sp³-hybridized carbons (Fsp3) is 0.353. The minimum absolute atomic E-state index is 0.206. The van der Waals surface area contributed by atoms with Gasteiger partial charge in [-0.2, -0.15) is 0 Å². The highest BCUT2D eigenvalue weighted by Gasteiger charge is 2.10. The van der Waals surface area contributed by atoms with Crippen LogP contribution in [0.5, 0.6) is 5.88 Å². The van der Waals surface area contributed by atoms with Crippen LogP contribution in [0.1, 0.15) is 36.6 Å². The highest BCUT2D eigenvalue weighted by molar-refractivity contribution is 5.53. The summed E-state index contributed by atoms with van der Waals surface area (Å²) in [4.78, 5) is 4.26. The molecule has 1 atom stereocenters. The molecule has 0 aliphatic rings. The second kappa shape index (κ2) is 6.42. The van der Waals surface area contributed by atoms with E-state index in [1.54, 1.807) is 6.20 Å². The lowest BCUT2D eigenvalue weighted by atomic mass is 10.0. The van der Waals surface area contributed by atoms with Crippen LogP contribution >= 0.6 is 0 Å². The molecule has 0 saturated carbocycles. The average molecular weight is 270 g/mol. The Kier molecular flexibility index (Phi) is 4.61. The molecule has 2 rings (SSSR count). The van der Waals surface area contributed by atoms with Crippen LogP contribution in [-0.2, 0) is 0 Å². The molecule has 1 aromatic carbocycles. The minimum Gasteiger partial charge on any atom is -0.476 e. The molecular weight excluding hydrogens is 248 g/mol. The molecule has 106 valence electrons. The van der Waals surface area contributed by atoms with Gasteiger partial charge in [-0.15, -0.1) is 0 Å². The first-order valence-electron chi connectivity index (χ1n) is 7.03. The van der Waals surface area contributed by atoms with Crippen molar-refractivity contribution in [3.63, 3.8) is 0 Å². The Morgan fingerprint density at radius 1 is 1.20 bits per heavy atom. The van der Waals surface area contributed by atoms with Crippen LogP contribution in [0.4, 0.5) is 5.69 Å². The third kappa shape index (κ3) is 3.29. The highest BCUT2D eigenvalue weighted by Crippen LogP contribution is 2.26. The normalized spacial score (nSPS) is 12.0.